The van der Waals surface area contributed by atoms with Crippen molar-refractivity contribution in [1.82, 2.24) is 19.7 Å². The normalized spacial score (nSPS) is 10.9. The highest BCUT2D eigenvalue weighted by Crippen LogP contribution is 2.29. The second kappa shape index (κ2) is 9.60. The summed E-state index contributed by atoms with van der Waals surface area (Å²) in [6.45, 7) is 0.239. The van der Waals surface area contributed by atoms with Crippen molar-refractivity contribution in [2.45, 2.75) is 26.0 Å². The predicted molar refractivity (Wildman–Crippen MR) is 116 cm³/mol. The number of carbonyl (C=O) groups excluding carboxylic acids is 1. The summed E-state index contributed by atoms with van der Waals surface area (Å²) in [5.41, 5.74) is 0.280. The van der Waals surface area contributed by atoms with E-state index in [0.717, 1.165) is 4.88 Å². The third-order valence-electron chi connectivity index (χ3n) is 4.67. The van der Waals surface area contributed by atoms with E-state index in [4.69, 9.17) is 18.7 Å². The van der Waals surface area contributed by atoms with Gasteiger partial charge in [0.2, 0.25) is 5.82 Å². The minimum Gasteiger partial charge on any atom is -0.493 e. The van der Waals surface area contributed by atoms with Gasteiger partial charge in [-0.15, -0.1) is 11.3 Å². The average Bonchev–Trinajstić information content (AvgIpc) is 3.50. The van der Waals surface area contributed by atoms with Crippen LogP contribution in [-0.4, -0.2) is 39.9 Å². The fourth-order valence-electron chi connectivity index (χ4n) is 3.07. The predicted octanol–water partition coefficient (Wildman–Crippen LogP) is 3.05. The van der Waals surface area contributed by atoms with Crippen LogP contribution in [0.4, 0.5) is 0 Å². The maximum atomic E-state index is 12.8. The lowest BCUT2D eigenvalue weighted by atomic mass is 10.2. The van der Waals surface area contributed by atoms with Gasteiger partial charge in [0.15, 0.2) is 18.1 Å². The first-order valence-electron chi connectivity index (χ1n) is 9.72. The Morgan fingerprint density at radius 2 is 2.03 bits per heavy atom. The van der Waals surface area contributed by atoms with E-state index < -0.39 is 5.97 Å². The van der Waals surface area contributed by atoms with Crippen LogP contribution in [0.25, 0.3) is 21.7 Å². The summed E-state index contributed by atoms with van der Waals surface area (Å²) >= 11 is 1.48. The maximum Gasteiger partial charge on any atom is 0.306 e. The quantitative estimate of drug-likeness (QED) is 0.350. The largest absolute Gasteiger partial charge is 0.493 e. The first kappa shape index (κ1) is 21.5. The molecule has 0 atom stereocenters. The monoisotopic (exact) mass is 456 g/mol. The highest BCUT2D eigenvalue weighted by molar-refractivity contribution is 7.13. The number of hydrogen-bond acceptors (Lipinski definition) is 10. The Bertz CT molecular complexity index is 1280. The smallest absolute Gasteiger partial charge is 0.306 e. The fourth-order valence-corrected chi connectivity index (χ4v) is 3.71. The standard InChI is InChI=1S/C21H20N4O6S/c1-28-15-9-13-14(10-16(15)29-2)22-12-25(21(13)27)7-3-6-19(26)30-11-18-23-20(31-24-18)17-5-4-8-32-17/h4-5,8-10,12H,3,6-7,11H2,1-2H3. The number of thiophene rings is 1. The molecule has 1 aromatic carbocycles. The molecule has 0 bridgehead atoms. The lowest BCUT2D eigenvalue weighted by Crippen LogP contribution is -2.21. The van der Waals surface area contributed by atoms with Crippen molar-refractivity contribution >= 4 is 28.2 Å². The summed E-state index contributed by atoms with van der Waals surface area (Å²) in [7, 11) is 3.02. The van der Waals surface area contributed by atoms with Gasteiger partial charge in [0.05, 0.1) is 36.3 Å². The SMILES string of the molecule is COc1cc2ncn(CCCC(=O)OCc3noc(-c4cccs4)n3)c(=O)c2cc1OC. The maximum absolute atomic E-state index is 12.8. The van der Waals surface area contributed by atoms with Crippen LogP contribution in [0.1, 0.15) is 18.7 Å². The number of esters is 1. The molecular formula is C21H20N4O6S. The summed E-state index contributed by atoms with van der Waals surface area (Å²) in [6, 6.07) is 7.00. The molecule has 0 saturated heterocycles. The van der Waals surface area contributed by atoms with Gasteiger partial charge in [-0.1, -0.05) is 11.2 Å². The topological polar surface area (TPSA) is 119 Å². The van der Waals surface area contributed by atoms with Gasteiger partial charge in [-0.3, -0.25) is 14.2 Å². The van der Waals surface area contributed by atoms with Crippen LogP contribution >= 0.6 is 11.3 Å². The first-order chi connectivity index (χ1) is 15.6. The Morgan fingerprint density at radius 3 is 2.78 bits per heavy atom. The average molecular weight is 456 g/mol. The summed E-state index contributed by atoms with van der Waals surface area (Å²) in [5.74, 6) is 1.21. The van der Waals surface area contributed by atoms with Crippen molar-refractivity contribution in [1.29, 1.82) is 0 Å². The number of nitrogens with zero attached hydrogens (tertiary/aromatic N) is 4. The molecule has 0 fully saturated rings. The number of ether oxygens (including phenoxy) is 3. The number of aromatic nitrogens is 4. The van der Waals surface area contributed by atoms with Crippen molar-refractivity contribution in [2.24, 2.45) is 0 Å². The molecule has 0 aliphatic carbocycles. The van der Waals surface area contributed by atoms with E-state index in [9.17, 15) is 9.59 Å². The molecule has 0 radical (unpaired) electrons. The minimum absolute atomic E-state index is 0.0766. The Morgan fingerprint density at radius 1 is 1.22 bits per heavy atom. The fraction of sp³-hybridized carbons (Fsp3) is 0.286. The number of hydrogen-bond donors (Lipinski definition) is 0. The highest BCUT2D eigenvalue weighted by Gasteiger charge is 2.13. The highest BCUT2D eigenvalue weighted by atomic mass is 32.1. The van der Waals surface area contributed by atoms with Crippen LogP contribution in [0.15, 0.2) is 45.3 Å². The zero-order valence-corrected chi connectivity index (χ0v) is 18.3. The van der Waals surface area contributed by atoms with Gasteiger partial charge < -0.3 is 18.7 Å². The molecule has 0 saturated carbocycles. The Kier molecular flexibility index (Phi) is 6.45. The molecule has 166 valence electrons. The summed E-state index contributed by atoms with van der Waals surface area (Å²) in [5, 5.41) is 6.12. The van der Waals surface area contributed by atoms with Crippen LogP contribution in [0.5, 0.6) is 11.5 Å². The van der Waals surface area contributed by atoms with Crippen molar-refractivity contribution in [3.05, 3.63) is 52.2 Å². The molecule has 4 rings (SSSR count). The van der Waals surface area contributed by atoms with E-state index in [1.54, 1.807) is 12.1 Å². The number of carbonyl (C=O) groups is 1. The molecule has 32 heavy (non-hydrogen) atoms. The van der Waals surface area contributed by atoms with Crippen LogP contribution in [-0.2, 0) is 22.7 Å². The third-order valence-corrected chi connectivity index (χ3v) is 5.53. The van der Waals surface area contributed by atoms with E-state index in [1.165, 1.54) is 36.5 Å². The molecule has 11 heteroatoms. The van der Waals surface area contributed by atoms with Crippen LogP contribution < -0.4 is 15.0 Å². The molecule has 0 unspecified atom stereocenters. The van der Waals surface area contributed by atoms with E-state index in [-0.39, 0.29) is 18.6 Å². The molecular weight excluding hydrogens is 436 g/mol. The lowest BCUT2D eigenvalue weighted by molar-refractivity contribution is -0.145. The molecule has 4 aromatic rings. The van der Waals surface area contributed by atoms with Gasteiger partial charge in [0.1, 0.15) is 0 Å². The first-order valence-corrected chi connectivity index (χ1v) is 10.6. The molecule has 0 aliphatic heterocycles. The molecule has 0 spiro atoms. The zero-order valence-electron chi connectivity index (χ0n) is 17.4. The second-order valence-corrected chi connectivity index (χ2v) is 7.67. The second-order valence-electron chi connectivity index (χ2n) is 6.72. The Labute approximate surface area is 186 Å². The molecule has 0 amide bonds. The van der Waals surface area contributed by atoms with Gasteiger partial charge in [-0.05, 0) is 23.9 Å². The van der Waals surface area contributed by atoms with Gasteiger partial charge in [0.25, 0.3) is 11.4 Å². The van der Waals surface area contributed by atoms with E-state index in [2.05, 4.69) is 15.1 Å². The number of methoxy groups -OCH3 is 2. The summed E-state index contributed by atoms with van der Waals surface area (Å²) in [4.78, 5) is 34.2. The minimum atomic E-state index is -0.416. The van der Waals surface area contributed by atoms with Crippen LogP contribution in [0.2, 0.25) is 0 Å². The zero-order chi connectivity index (χ0) is 22.5. The Hall–Kier alpha value is -3.73. The van der Waals surface area contributed by atoms with Crippen molar-refractivity contribution in [2.75, 3.05) is 14.2 Å². The van der Waals surface area contributed by atoms with Crippen molar-refractivity contribution in [3.8, 4) is 22.3 Å². The molecule has 0 N–H and O–H groups in total. The van der Waals surface area contributed by atoms with E-state index >= 15 is 0 Å². The van der Waals surface area contributed by atoms with Crippen molar-refractivity contribution < 1.29 is 23.5 Å². The molecule has 3 heterocycles. The number of rotatable bonds is 9. The number of benzene rings is 1. The van der Waals surface area contributed by atoms with Crippen molar-refractivity contribution in [3.63, 3.8) is 0 Å². The Balaban J connectivity index is 1.32. The third kappa shape index (κ3) is 4.62. The molecule has 10 nitrogen and oxygen atoms in total. The number of aryl methyl sites for hydroxylation is 1. The summed E-state index contributed by atoms with van der Waals surface area (Å²) < 4.78 is 22.3. The lowest BCUT2D eigenvalue weighted by Gasteiger charge is -2.10. The molecule has 3 aromatic heterocycles. The van der Waals surface area contributed by atoms with E-state index in [0.29, 0.717) is 47.1 Å². The molecule has 0 aliphatic rings. The van der Waals surface area contributed by atoms with E-state index in [1.807, 2.05) is 17.5 Å². The summed E-state index contributed by atoms with van der Waals surface area (Å²) in [6.07, 6.45) is 1.99. The van der Waals surface area contributed by atoms with Crippen LogP contribution in [0.3, 0.4) is 0 Å². The van der Waals surface area contributed by atoms with Gasteiger partial charge in [0, 0.05) is 19.0 Å². The van der Waals surface area contributed by atoms with Crippen LogP contribution in [0, 0.1) is 0 Å². The number of fused-ring (bicyclic) bond motifs is 1. The van der Waals surface area contributed by atoms with Gasteiger partial charge in [-0.2, -0.15) is 4.98 Å². The van der Waals surface area contributed by atoms with Gasteiger partial charge >= 0.3 is 5.97 Å². The van der Waals surface area contributed by atoms with Gasteiger partial charge in [-0.25, -0.2) is 4.98 Å².